The predicted molar refractivity (Wildman–Crippen MR) is 113 cm³/mol. The van der Waals surface area contributed by atoms with Crippen LogP contribution in [-0.4, -0.2) is 24.7 Å². The minimum absolute atomic E-state index is 0.0142. The van der Waals surface area contributed by atoms with Gasteiger partial charge in [0.05, 0.1) is 17.1 Å². The highest BCUT2D eigenvalue weighted by Crippen LogP contribution is 2.38. The Morgan fingerprint density at radius 3 is 2.87 bits per heavy atom. The number of anilines is 2. The summed E-state index contributed by atoms with van der Waals surface area (Å²) in [6.07, 6.45) is 5.10. The average Bonchev–Trinajstić information content (AvgIpc) is 3.45. The monoisotopic (exact) mass is 421 g/mol. The average molecular weight is 421 g/mol. The molecular formula is C21H20FN7O2. The lowest BCUT2D eigenvalue weighted by Gasteiger charge is -2.23. The number of nitrogens with one attached hydrogen (secondary N) is 1. The Morgan fingerprint density at radius 1 is 1.32 bits per heavy atom. The molecule has 1 aliphatic carbocycles. The summed E-state index contributed by atoms with van der Waals surface area (Å²) < 4.78 is 21.0. The van der Waals surface area contributed by atoms with E-state index in [-0.39, 0.29) is 28.8 Å². The number of nitrogen functional groups attached to an aromatic ring is 1. The topological polar surface area (TPSA) is 125 Å². The summed E-state index contributed by atoms with van der Waals surface area (Å²) in [5.74, 6) is 0.670. The molecule has 1 fully saturated rings. The van der Waals surface area contributed by atoms with E-state index in [0.29, 0.717) is 34.8 Å². The van der Waals surface area contributed by atoms with E-state index < -0.39 is 5.82 Å². The zero-order chi connectivity index (χ0) is 21.5. The third-order valence-corrected chi connectivity index (χ3v) is 5.42. The molecule has 9 nitrogen and oxygen atoms in total. The van der Waals surface area contributed by atoms with Crippen molar-refractivity contribution in [2.75, 3.05) is 11.1 Å². The van der Waals surface area contributed by atoms with Gasteiger partial charge in [-0.3, -0.25) is 9.36 Å². The molecule has 1 unspecified atom stereocenters. The van der Waals surface area contributed by atoms with Crippen molar-refractivity contribution in [1.29, 1.82) is 0 Å². The largest absolute Gasteiger partial charge is 0.383 e. The van der Waals surface area contributed by atoms with Crippen LogP contribution in [-0.2, 0) is 0 Å². The second-order valence-corrected chi connectivity index (χ2v) is 7.48. The maximum absolute atomic E-state index is 14.4. The van der Waals surface area contributed by atoms with Crippen LogP contribution < -0.4 is 16.6 Å². The lowest BCUT2D eigenvalue weighted by atomic mass is 10.1. The molecule has 1 aliphatic rings. The third kappa shape index (κ3) is 3.29. The van der Waals surface area contributed by atoms with Crippen LogP contribution in [0.4, 0.5) is 16.0 Å². The van der Waals surface area contributed by atoms with Crippen molar-refractivity contribution in [3.8, 4) is 11.3 Å². The van der Waals surface area contributed by atoms with E-state index in [0.717, 1.165) is 12.8 Å². The van der Waals surface area contributed by atoms with E-state index in [4.69, 9.17) is 15.2 Å². The number of nitrogens with zero attached hydrogens (tertiary/aromatic N) is 5. The molecule has 1 saturated carbocycles. The fourth-order valence-electron chi connectivity index (χ4n) is 3.77. The summed E-state index contributed by atoms with van der Waals surface area (Å²) in [5.41, 5.74) is 7.05. The van der Waals surface area contributed by atoms with Gasteiger partial charge >= 0.3 is 0 Å². The maximum atomic E-state index is 14.4. The minimum Gasteiger partial charge on any atom is -0.383 e. The lowest BCUT2D eigenvalue weighted by Crippen LogP contribution is -2.29. The van der Waals surface area contributed by atoms with E-state index in [1.807, 2.05) is 6.92 Å². The molecule has 10 heteroatoms. The highest BCUT2D eigenvalue weighted by Gasteiger charge is 2.32. The highest BCUT2D eigenvalue weighted by atomic mass is 19.1. The van der Waals surface area contributed by atoms with Crippen molar-refractivity contribution < 1.29 is 8.91 Å². The molecule has 1 atom stereocenters. The summed E-state index contributed by atoms with van der Waals surface area (Å²) in [7, 11) is 0. The van der Waals surface area contributed by atoms with Gasteiger partial charge < -0.3 is 15.6 Å². The quantitative estimate of drug-likeness (QED) is 0.485. The summed E-state index contributed by atoms with van der Waals surface area (Å²) in [5, 5.41) is 7.31. The molecule has 5 rings (SSSR count). The van der Waals surface area contributed by atoms with E-state index in [9.17, 15) is 9.18 Å². The SMILES string of the molecule is CCC(Nc1ncnc(N)c1-c1ccon1)c1nc2cccc(F)c2c(=O)n1C1CC1. The molecule has 3 heterocycles. The van der Waals surface area contributed by atoms with Gasteiger partial charge in [0.2, 0.25) is 0 Å². The van der Waals surface area contributed by atoms with Crippen LogP contribution in [0.25, 0.3) is 22.2 Å². The van der Waals surface area contributed by atoms with Crippen LogP contribution in [0.1, 0.15) is 44.1 Å². The Balaban J connectivity index is 1.65. The molecule has 0 spiro atoms. The second-order valence-electron chi connectivity index (χ2n) is 7.48. The first-order valence-corrected chi connectivity index (χ1v) is 10.1. The van der Waals surface area contributed by atoms with E-state index in [1.54, 1.807) is 22.8 Å². The van der Waals surface area contributed by atoms with Gasteiger partial charge in [-0.2, -0.15) is 0 Å². The van der Waals surface area contributed by atoms with Gasteiger partial charge in [0.15, 0.2) is 0 Å². The molecule has 0 saturated heterocycles. The number of hydrogen-bond acceptors (Lipinski definition) is 8. The molecule has 0 radical (unpaired) electrons. The molecule has 0 bridgehead atoms. The van der Waals surface area contributed by atoms with Crippen molar-refractivity contribution in [2.24, 2.45) is 0 Å². The summed E-state index contributed by atoms with van der Waals surface area (Å²) >= 11 is 0. The van der Waals surface area contributed by atoms with Crippen molar-refractivity contribution in [3.63, 3.8) is 0 Å². The molecule has 31 heavy (non-hydrogen) atoms. The van der Waals surface area contributed by atoms with Crippen molar-refractivity contribution in [1.82, 2.24) is 24.7 Å². The number of nitrogens with two attached hydrogens (primary N) is 1. The van der Waals surface area contributed by atoms with E-state index >= 15 is 0 Å². The van der Waals surface area contributed by atoms with Crippen molar-refractivity contribution in [3.05, 3.63) is 58.9 Å². The van der Waals surface area contributed by atoms with Gasteiger partial charge in [-0.1, -0.05) is 18.1 Å². The molecule has 3 N–H and O–H groups in total. The fraction of sp³-hybridized carbons (Fsp3) is 0.286. The normalized spacial score (nSPS) is 14.6. The Kier molecular flexibility index (Phi) is 4.61. The minimum atomic E-state index is -0.561. The van der Waals surface area contributed by atoms with Crippen LogP contribution in [0.2, 0.25) is 0 Å². The molecule has 4 aromatic rings. The van der Waals surface area contributed by atoms with Crippen LogP contribution >= 0.6 is 0 Å². The Labute approximate surface area is 176 Å². The first-order chi connectivity index (χ1) is 15.1. The van der Waals surface area contributed by atoms with Crippen molar-refractivity contribution >= 4 is 22.5 Å². The van der Waals surface area contributed by atoms with Crippen LogP contribution in [0.3, 0.4) is 0 Å². The first kappa shape index (κ1) is 19.2. The van der Waals surface area contributed by atoms with E-state index in [1.165, 1.54) is 18.7 Å². The first-order valence-electron chi connectivity index (χ1n) is 10.1. The maximum Gasteiger partial charge on any atom is 0.264 e. The predicted octanol–water partition coefficient (Wildman–Crippen LogP) is 3.46. The number of hydrogen-bond donors (Lipinski definition) is 2. The Hall–Kier alpha value is -3.82. The number of halogens is 1. The van der Waals surface area contributed by atoms with Gasteiger partial charge in [0, 0.05) is 12.1 Å². The standard InChI is InChI=1S/C21H20FN7O2/c1-2-13(26-19-17(15-8-9-31-28-15)18(23)24-10-25-19)20-27-14-5-3-4-12(22)16(14)21(30)29(20)11-6-7-11/h3-5,8-11,13H,2,6-7H2,1H3,(H3,23,24,25,26). The molecule has 0 amide bonds. The zero-order valence-electron chi connectivity index (χ0n) is 16.7. The van der Waals surface area contributed by atoms with Gasteiger partial charge in [0.1, 0.15) is 46.9 Å². The summed E-state index contributed by atoms with van der Waals surface area (Å²) in [6.45, 7) is 1.97. The molecule has 158 valence electrons. The Bertz CT molecular complexity index is 1320. The second kappa shape index (κ2) is 7.46. The highest BCUT2D eigenvalue weighted by molar-refractivity contribution is 5.81. The Morgan fingerprint density at radius 2 is 2.16 bits per heavy atom. The van der Waals surface area contributed by atoms with Crippen LogP contribution in [0, 0.1) is 5.82 Å². The van der Waals surface area contributed by atoms with Crippen LogP contribution in [0.5, 0.6) is 0 Å². The molecule has 1 aromatic carbocycles. The van der Waals surface area contributed by atoms with Gasteiger partial charge in [-0.25, -0.2) is 19.3 Å². The van der Waals surface area contributed by atoms with Gasteiger partial charge in [-0.15, -0.1) is 0 Å². The van der Waals surface area contributed by atoms with E-state index in [2.05, 4.69) is 20.4 Å². The summed E-state index contributed by atoms with van der Waals surface area (Å²) in [6, 6.07) is 5.79. The van der Waals surface area contributed by atoms with Gasteiger partial charge in [-0.05, 0) is 31.4 Å². The number of benzene rings is 1. The van der Waals surface area contributed by atoms with Crippen LogP contribution in [0.15, 0.2) is 46.2 Å². The molecular weight excluding hydrogens is 401 g/mol. The fourth-order valence-corrected chi connectivity index (χ4v) is 3.77. The van der Waals surface area contributed by atoms with Crippen molar-refractivity contribution in [2.45, 2.75) is 38.3 Å². The third-order valence-electron chi connectivity index (χ3n) is 5.42. The smallest absolute Gasteiger partial charge is 0.264 e. The summed E-state index contributed by atoms with van der Waals surface area (Å²) in [4.78, 5) is 26.3. The zero-order valence-corrected chi connectivity index (χ0v) is 16.7. The number of aromatic nitrogens is 5. The lowest BCUT2D eigenvalue weighted by molar-refractivity contribution is 0.422. The number of rotatable bonds is 6. The van der Waals surface area contributed by atoms with Gasteiger partial charge in [0.25, 0.3) is 5.56 Å². The number of fused-ring (bicyclic) bond motifs is 1. The molecule has 3 aromatic heterocycles. The molecule has 0 aliphatic heterocycles.